The van der Waals surface area contributed by atoms with Gasteiger partial charge in [-0.15, -0.1) is 0 Å². The first kappa shape index (κ1) is 15.4. The summed E-state index contributed by atoms with van der Waals surface area (Å²) in [5, 5.41) is 8.95. The van der Waals surface area contributed by atoms with Crippen molar-refractivity contribution < 1.29 is 18.3 Å². The summed E-state index contributed by atoms with van der Waals surface area (Å²) in [6, 6.07) is -0.211. The molecule has 2 unspecified atom stereocenters. The molecule has 1 saturated heterocycles. The first-order valence-electron chi connectivity index (χ1n) is 6.46. The highest BCUT2D eigenvalue weighted by molar-refractivity contribution is 7.89. The molecule has 1 rings (SSSR count). The maximum absolute atomic E-state index is 12.2. The number of hydrogen-bond acceptors (Lipinski definition) is 3. The Morgan fingerprint density at radius 1 is 1.44 bits per heavy atom. The Balaban J connectivity index is 2.65. The van der Waals surface area contributed by atoms with Crippen LogP contribution in [0.1, 0.15) is 40.0 Å². The van der Waals surface area contributed by atoms with E-state index in [1.54, 1.807) is 6.92 Å². The maximum Gasteiger partial charge on any atom is 0.306 e. The molecule has 0 aliphatic carbocycles. The van der Waals surface area contributed by atoms with Crippen molar-refractivity contribution in [3.8, 4) is 0 Å². The van der Waals surface area contributed by atoms with Gasteiger partial charge < -0.3 is 5.11 Å². The fourth-order valence-electron chi connectivity index (χ4n) is 2.29. The van der Waals surface area contributed by atoms with Crippen LogP contribution in [-0.2, 0) is 14.8 Å². The molecular formula is C12H23NO4S. The molecule has 0 saturated carbocycles. The van der Waals surface area contributed by atoms with Crippen molar-refractivity contribution in [3.63, 3.8) is 0 Å². The van der Waals surface area contributed by atoms with Crippen molar-refractivity contribution in [2.24, 2.45) is 11.8 Å². The van der Waals surface area contributed by atoms with E-state index in [2.05, 4.69) is 0 Å². The first-order chi connectivity index (χ1) is 8.24. The minimum atomic E-state index is -3.24. The van der Waals surface area contributed by atoms with E-state index in [4.69, 9.17) is 5.11 Å². The zero-order valence-corrected chi connectivity index (χ0v) is 12.1. The Labute approximate surface area is 109 Å². The minimum Gasteiger partial charge on any atom is -0.481 e. The second-order valence-corrected chi connectivity index (χ2v) is 7.56. The second kappa shape index (κ2) is 6.02. The molecule has 1 fully saturated rings. The highest BCUT2D eigenvalue weighted by Crippen LogP contribution is 2.26. The van der Waals surface area contributed by atoms with E-state index in [-0.39, 0.29) is 11.8 Å². The van der Waals surface area contributed by atoms with E-state index in [0.717, 1.165) is 0 Å². The Hall–Kier alpha value is -0.620. The molecule has 18 heavy (non-hydrogen) atoms. The lowest BCUT2D eigenvalue weighted by atomic mass is 9.93. The number of rotatable bonds is 5. The molecule has 1 aliphatic rings. The van der Waals surface area contributed by atoms with Crippen molar-refractivity contribution in [2.45, 2.75) is 46.1 Å². The van der Waals surface area contributed by atoms with E-state index in [1.807, 2.05) is 13.8 Å². The topological polar surface area (TPSA) is 74.7 Å². The van der Waals surface area contributed by atoms with Crippen LogP contribution >= 0.6 is 0 Å². The van der Waals surface area contributed by atoms with Crippen molar-refractivity contribution in [1.29, 1.82) is 0 Å². The van der Waals surface area contributed by atoms with Gasteiger partial charge >= 0.3 is 5.97 Å². The molecule has 0 aromatic rings. The molecule has 0 aromatic carbocycles. The standard InChI is InChI=1S/C12H23NO4S/c1-9(2)5-7-18(16,17)13-6-4-11(12(14)15)8-10(13)3/h9-11H,4-8H2,1-3H3,(H,14,15). The van der Waals surface area contributed by atoms with Gasteiger partial charge in [-0.25, -0.2) is 8.42 Å². The third-order valence-electron chi connectivity index (χ3n) is 3.47. The van der Waals surface area contributed by atoms with Crippen molar-refractivity contribution in [3.05, 3.63) is 0 Å². The summed E-state index contributed by atoms with van der Waals surface area (Å²) >= 11 is 0. The largest absolute Gasteiger partial charge is 0.481 e. The average Bonchev–Trinajstić information content (AvgIpc) is 2.26. The summed E-state index contributed by atoms with van der Waals surface area (Å²) < 4.78 is 25.8. The van der Waals surface area contributed by atoms with Crippen LogP contribution in [0.3, 0.4) is 0 Å². The Morgan fingerprint density at radius 2 is 2.06 bits per heavy atom. The SMILES string of the molecule is CC(C)CCS(=O)(=O)N1CCC(C(=O)O)CC1C. The van der Waals surface area contributed by atoms with Crippen molar-refractivity contribution in [2.75, 3.05) is 12.3 Å². The molecule has 1 aliphatic heterocycles. The number of hydrogen-bond donors (Lipinski definition) is 1. The number of carbonyl (C=O) groups is 1. The summed E-state index contributed by atoms with van der Waals surface area (Å²) in [6.07, 6.45) is 1.48. The van der Waals surface area contributed by atoms with Crippen molar-refractivity contribution in [1.82, 2.24) is 4.31 Å². The summed E-state index contributed by atoms with van der Waals surface area (Å²) in [5.74, 6) is -0.712. The monoisotopic (exact) mass is 277 g/mol. The first-order valence-corrected chi connectivity index (χ1v) is 8.07. The number of sulfonamides is 1. The normalized spacial score (nSPS) is 26.4. The molecule has 0 amide bonds. The van der Waals surface area contributed by atoms with E-state index in [9.17, 15) is 13.2 Å². The van der Waals surface area contributed by atoms with Gasteiger partial charge in [-0.1, -0.05) is 13.8 Å². The summed E-state index contributed by atoms with van der Waals surface area (Å²) in [4.78, 5) is 10.9. The summed E-state index contributed by atoms with van der Waals surface area (Å²) in [5.41, 5.74) is 0. The maximum atomic E-state index is 12.2. The van der Waals surface area contributed by atoms with Crippen LogP contribution in [0.2, 0.25) is 0 Å². The van der Waals surface area contributed by atoms with Gasteiger partial charge in [-0.3, -0.25) is 4.79 Å². The van der Waals surface area contributed by atoms with Gasteiger partial charge in [-0.2, -0.15) is 4.31 Å². The number of aliphatic carboxylic acids is 1. The quantitative estimate of drug-likeness (QED) is 0.827. The lowest BCUT2D eigenvalue weighted by Crippen LogP contribution is -2.46. The lowest BCUT2D eigenvalue weighted by Gasteiger charge is -2.35. The van der Waals surface area contributed by atoms with Gasteiger partial charge in [0, 0.05) is 12.6 Å². The Kier molecular flexibility index (Phi) is 5.16. The molecule has 2 atom stereocenters. The number of carboxylic acids is 1. The Morgan fingerprint density at radius 3 is 2.50 bits per heavy atom. The number of piperidine rings is 1. The summed E-state index contributed by atoms with van der Waals surface area (Å²) in [6.45, 7) is 6.12. The van der Waals surface area contributed by atoms with E-state index >= 15 is 0 Å². The molecular weight excluding hydrogens is 254 g/mol. The van der Waals surface area contributed by atoms with Gasteiger partial charge in [0.05, 0.1) is 11.7 Å². The molecule has 0 aromatic heterocycles. The van der Waals surface area contributed by atoms with Gasteiger partial charge in [-0.05, 0) is 32.1 Å². The van der Waals surface area contributed by atoms with Crippen LogP contribution in [0.15, 0.2) is 0 Å². The van der Waals surface area contributed by atoms with Crippen LogP contribution in [0.25, 0.3) is 0 Å². The molecule has 6 heteroatoms. The minimum absolute atomic E-state index is 0.159. The zero-order valence-electron chi connectivity index (χ0n) is 11.3. The molecule has 0 bridgehead atoms. The van der Waals surface area contributed by atoms with Crippen LogP contribution in [0.5, 0.6) is 0 Å². The van der Waals surface area contributed by atoms with Gasteiger partial charge in [0.15, 0.2) is 0 Å². The summed E-state index contributed by atoms with van der Waals surface area (Å²) in [7, 11) is -3.24. The fourth-order valence-corrected chi connectivity index (χ4v) is 4.31. The highest BCUT2D eigenvalue weighted by atomic mass is 32.2. The smallest absolute Gasteiger partial charge is 0.306 e. The third-order valence-corrected chi connectivity index (χ3v) is 5.48. The van der Waals surface area contributed by atoms with Gasteiger partial charge in [0.25, 0.3) is 0 Å². The number of carboxylic acid groups (broad SMARTS) is 1. The number of nitrogens with zero attached hydrogens (tertiary/aromatic N) is 1. The van der Waals surface area contributed by atoms with E-state index in [1.165, 1.54) is 4.31 Å². The third kappa shape index (κ3) is 3.95. The van der Waals surface area contributed by atoms with Crippen LogP contribution < -0.4 is 0 Å². The van der Waals surface area contributed by atoms with E-state index in [0.29, 0.717) is 31.7 Å². The Bertz CT molecular complexity index is 391. The second-order valence-electron chi connectivity index (χ2n) is 5.52. The lowest BCUT2D eigenvalue weighted by molar-refractivity contribution is -0.143. The van der Waals surface area contributed by atoms with Crippen LogP contribution in [0.4, 0.5) is 0 Å². The average molecular weight is 277 g/mol. The molecule has 1 heterocycles. The zero-order chi connectivity index (χ0) is 13.9. The fraction of sp³-hybridized carbons (Fsp3) is 0.917. The van der Waals surface area contributed by atoms with Gasteiger partial charge in [0.1, 0.15) is 0 Å². The predicted molar refractivity (Wildman–Crippen MR) is 69.8 cm³/mol. The van der Waals surface area contributed by atoms with E-state index < -0.39 is 21.9 Å². The molecule has 0 radical (unpaired) electrons. The van der Waals surface area contributed by atoms with Gasteiger partial charge in [0.2, 0.25) is 10.0 Å². The highest BCUT2D eigenvalue weighted by Gasteiger charge is 2.35. The van der Waals surface area contributed by atoms with Crippen LogP contribution in [0, 0.1) is 11.8 Å². The molecule has 0 spiro atoms. The molecule has 106 valence electrons. The predicted octanol–water partition coefficient (Wildman–Crippen LogP) is 1.55. The van der Waals surface area contributed by atoms with Crippen LogP contribution in [-0.4, -0.2) is 42.1 Å². The molecule has 1 N–H and O–H groups in total. The molecule has 5 nitrogen and oxygen atoms in total. The van der Waals surface area contributed by atoms with Crippen molar-refractivity contribution >= 4 is 16.0 Å².